The second-order valence-corrected chi connectivity index (χ2v) is 12.0. The van der Waals surface area contributed by atoms with E-state index in [9.17, 15) is 13.2 Å². The first-order valence-electron chi connectivity index (χ1n) is 11.3. The molecular weight excluding hydrogens is 547 g/mol. The molecule has 190 valence electrons. The van der Waals surface area contributed by atoms with Crippen LogP contribution in [-0.4, -0.2) is 20.6 Å². The molecular formula is C28H24Cl2N2O3S2. The van der Waals surface area contributed by atoms with Crippen LogP contribution in [0.15, 0.2) is 102 Å². The van der Waals surface area contributed by atoms with Crippen molar-refractivity contribution in [3.05, 3.63) is 124 Å². The van der Waals surface area contributed by atoms with E-state index in [4.69, 9.17) is 23.2 Å². The van der Waals surface area contributed by atoms with Crippen LogP contribution in [-0.2, 0) is 22.3 Å². The number of carbonyl (C=O) groups is 1. The lowest BCUT2D eigenvalue weighted by Gasteiger charge is -2.24. The van der Waals surface area contributed by atoms with Crippen LogP contribution in [0.1, 0.15) is 21.5 Å². The molecule has 0 fully saturated rings. The Labute approximate surface area is 231 Å². The van der Waals surface area contributed by atoms with Gasteiger partial charge in [-0.2, -0.15) is 0 Å². The molecule has 0 spiro atoms. The minimum absolute atomic E-state index is 0.0449. The SMILES string of the molecule is CS(=O)(=O)N(Cc1ccc(C(=O)Nc2ccc(CSc3ccccc3)cc2)cc1)c1cccc(Cl)c1Cl. The Balaban J connectivity index is 1.39. The van der Waals surface area contributed by atoms with Gasteiger partial charge in [-0.25, -0.2) is 8.42 Å². The number of halogens is 2. The second kappa shape index (κ2) is 12.0. The number of rotatable bonds is 9. The molecule has 0 atom stereocenters. The van der Waals surface area contributed by atoms with Crippen LogP contribution in [0.25, 0.3) is 0 Å². The van der Waals surface area contributed by atoms with Gasteiger partial charge in [-0.05, 0) is 59.7 Å². The quantitative estimate of drug-likeness (QED) is 0.211. The molecule has 4 rings (SSSR count). The summed E-state index contributed by atoms with van der Waals surface area (Å²) >= 11 is 14.1. The van der Waals surface area contributed by atoms with E-state index in [2.05, 4.69) is 17.4 Å². The van der Waals surface area contributed by atoms with E-state index in [1.54, 1.807) is 54.2 Å². The van der Waals surface area contributed by atoms with E-state index >= 15 is 0 Å². The molecule has 4 aromatic rings. The van der Waals surface area contributed by atoms with Gasteiger partial charge in [0, 0.05) is 21.9 Å². The van der Waals surface area contributed by atoms with Crippen molar-refractivity contribution in [1.82, 2.24) is 0 Å². The first-order valence-corrected chi connectivity index (χ1v) is 14.9. The van der Waals surface area contributed by atoms with Crippen molar-refractivity contribution in [2.75, 3.05) is 15.9 Å². The Bertz CT molecular complexity index is 1480. The Hall–Kier alpha value is -2.97. The summed E-state index contributed by atoms with van der Waals surface area (Å²) in [4.78, 5) is 14.0. The minimum Gasteiger partial charge on any atom is -0.322 e. The second-order valence-electron chi connectivity index (χ2n) is 8.29. The van der Waals surface area contributed by atoms with E-state index in [1.807, 2.05) is 42.5 Å². The first-order chi connectivity index (χ1) is 17.7. The molecule has 1 N–H and O–H groups in total. The summed E-state index contributed by atoms with van der Waals surface area (Å²) in [5.41, 5.74) is 3.30. The molecule has 0 aromatic heterocycles. The third-order valence-corrected chi connectivity index (χ3v) is 8.52. The summed E-state index contributed by atoms with van der Waals surface area (Å²) in [6.07, 6.45) is 1.11. The first kappa shape index (κ1) is 27.1. The number of carbonyl (C=O) groups excluding carboxylic acids is 1. The highest BCUT2D eigenvalue weighted by Gasteiger charge is 2.21. The number of hydrogen-bond donors (Lipinski definition) is 1. The van der Waals surface area contributed by atoms with Crippen LogP contribution in [0, 0.1) is 0 Å². The Morgan fingerprint density at radius 1 is 0.838 bits per heavy atom. The lowest BCUT2D eigenvalue weighted by Crippen LogP contribution is -2.29. The van der Waals surface area contributed by atoms with Gasteiger partial charge < -0.3 is 5.32 Å². The molecule has 37 heavy (non-hydrogen) atoms. The van der Waals surface area contributed by atoms with Gasteiger partial charge in [0.15, 0.2) is 0 Å². The lowest BCUT2D eigenvalue weighted by atomic mass is 10.1. The minimum atomic E-state index is -3.64. The zero-order chi connectivity index (χ0) is 26.4. The summed E-state index contributed by atoms with van der Waals surface area (Å²) in [5.74, 6) is 0.584. The van der Waals surface area contributed by atoms with Crippen molar-refractivity contribution in [3.8, 4) is 0 Å². The number of amides is 1. The standard InChI is InChI=1S/C28H24Cl2N2O3S2/c1-37(34,35)32(26-9-5-8-25(29)27(26)30)18-20-10-14-22(15-11-20)28(33)31-23-16-12-21(13-17-23)19-36-24-6-3-2-4-7-24/h2-17H,18-19H2,1H3,(H,31,33). The van der Waals surface area contributed by atoms with Crippen LogP contribution in [0.2, 0.25) is 10.0 Å². The van der Waals surface area contributed by atoms with Crippen LogP contribution in [0.5, 0.6) is 0 Å². The lowest BCUT2D eigenvalue weighted by molar-refractivity contribution is 0.102. The van der Waals surface area contributed by atoms with Crippen LogP contribution in [0.3, 0.4) is 0 Å². The molecule has 0 saturated carbocycles. The number of thioether (sulfide) groups is 1. The fourth-order valence-corrected chi connectivity index (χ4v) is 5.78. The van der Waals surface area contributed by atoms with Crippen LogP contribution >= 0.6 is 35.0 Å². The smallest absolute Gasteiger partial charge is 0.255 e. The molecule has 9 heteroatoms. The molecule has 0 bridgehead atoms. The highest BCUT2D eigenvalue weighted by molar-refractivity contribution is 7.98. The van der Waals surface area contributed by atoms with Gasteiger partial charge in [-0.1, -0.05) is 71.7 Å². The van der Waals surface area contributed by atoms with Crippen LogP contribution < -0.4 is 9.62 Å². The number of hydrogen-bond acceptors (Lipinski definition) is 4. The van der Waals surface area contributed by atoms with Gasteiger partial charge in [0.2, 0.25) is 10.0 Å². The molecule has 0 heterocycles. The van der Waals surface area contributed by atoms with Gasteiger partial charge in [-0.3, -0.25) is 9.10 Å². The number of benzene rings is 4. The normalized spacial score (nSPS) is 11.2. The maximum Gasteiger partial charge on any atom is 0.255 e. The van der Waals surface area contributed by atoms with Gasteiger partial charge in [-0.15, -0.1) is 11.8 Å². The third kappa shape index (κ3) is 7.29. The van der Waals surface area contributed by atoms with Gasteiger partial charge in [0.05, 0.1) is 28.5 Å². The number of nitrogens with one attached hydrogen (secondary N) is 1. The summed E-state index contributed by atoms with van der Waals surface area (Å²) < 4.78 is 26.1. The molecule has 0 aliphatic carbocycles. The van der Waals surface area contributed by atoms with E-state index < -0.39 is 10.0 Å². The molecule has 0 unspecified atom stereocenters. The fourth-order valence-electron chi connectivity index (χ4n) is 3.56. The Morgan fingerprint density at radius 2 is 1.49 bits per heavy atom. The molecule has 0 radical (unpaired) electrons. The van der Waals surface area contributed by atoms with Crippen molar-refractivity contribution in [2.45, 2.75) is 17.2 Å². The van der Waals surface area contributed by atoms with E-state index in [0.717, 1.165) is 17.6 Å². The van der Waals surface area contributed by atoms with Crippen LogP contribution in [0.4, 0.5) is 11.4 Å². The van der Waals surface area contributed by atoms with Crippen molar-refractivity contribution >= 4 is 62.3 Å². The maximum atomic E-state index is 12.8. The summed E-state index contributed by atoms with van der Waals surface area (Å²) in [6, 6.07) is 29.5. The van der Waals surface area contributed by atoms with Gasteiger partial charge in [0.25, 0.3) is 5.91 Å². The number of nitrogens with zero attached hydrogens (tertiary/aromatic N) is 1. The number of anilines is 2. The summed E-state index contributed by atoms with van der Waals surface area (Å²) in [5, 5.41) is 3.33. The monoisotopic (exact) mass is 570 g/mol. The Kier molecular flexibility index (Phi) is 8.82. The average Bonchev–Trinajstić information content (AvgIpc) is 2.89. The van der Waals surface area contributed by atoms with Crippen molar-refractivity contribution < 1.29 is 13.2 Å². The fraction of sp³-hybridized carbons (Fsp3) is 0.107. The molecule has 0 aliphatic rings. The highest BCUT2D eigenvalue weighted by atomic mass is 35.5. The predicted octanol–water partition coefficient (Wildman–Crippen LogP) is 7.50. The van der Waals surface area contributed by atoms with Crippen molar-refractivity contribution in [2.24, 2.45) is 0 Å². The topological polar surface area (TPSA) is 66.5 Å². The Morgan fingerprint density at radius 3 is 2.14 bits per heavy atom. The van der Waals surface area contributed by atoms with Crippen molar-refractivity contribution in [3.63, 3.8) is 0 Å². The van der Waals surface area contributed by atoms with E-state index in [0.29, 0.717) is 22.5 Å². The summed E-state index contributed by atoms with van der Waals surface area (Å²) in [6.45, 7) is 0.0449. The zero-order valence-corrected chi connectivity index (χ0v) is 23.0. The third-order valence-electron chi connectivity index (χ3n) is 5.50. The van der Waals surface area contributed by atoms with E-state index in [-0.39, 0.29) is 22.5 Å². The molecule has 4 aromatic carbocycles. The van der Waals surface area contributed by atoms with Gasteiger partial charge in [0.1, 0.15) is 0 Å². The van der Waals surface area contributed by atoms with Crippen molar-refractivity contribution in [1.29, 1.82) is 0 Å². The van der Waals surface area contributed by atoms with E-state index in [1.165, 1.54) is 9.20 Å². The molecule has 0 saturated heterocycles. The summed E-state index contributed by atoms with van der Waals surface area (Å²) in [7, 11) is -3.64. The van der Waals surface area contributed by atoms with Gasteiger partial charge >= 0.3 is 0 Å². The largest absolute Gasteiger partial charge is 0.322 e. The highest BCUT2D eigenvalue weighted by Crippen LogP contribution is 2.34. The molecule has 1 amide bonds. The predicted molar refractivity (Wildman–Crippen MR) is 154 cm³/mol. The molecule has 5 nitrogen and oxygen atoms in total. The average molecular weight is 572 g/mol. The maximum absolute atomic E-state index is 12.8. The molecule has 0 aliphatic heterocycles. The zero-order valence-electron chi connectivity index (χ0n) is 19.9. The number of sulfonamides is 1.